The molecule has 0 amide bonds. The number of fused-ring (bicyclic) bond motifs is 3. The third-order valence-corrected chi connectivity index (χ3v) is 7.86. The minimum absolute atomic E-state index is 0.000842. The highest BCUT2D eigenvalue weighted by Gasteiger charge is 2.95. The first kappa shape index (κ1) is 17.5. The van der Waals surface area contributed by atoms with Crippen molar-refractivity contribution in [1.29, 1.82) is 0 Å². The summed E-state index contributed by atoms with van der Waals surface area (Å²) in [5, 5.41) is 9.83. The molecule has 4 aromatic heterocycles. The molecular formula is C22H19N9O2. The first-order chi connectivity index (χ1) is 16.1. The molecule has 2 aliphatic carbocycles. The fourth-order valence-corrected chi connectivity index (χ4v) is 6.16. The maximum absolute atomic E-state index is 12.8. The first-order valence-corrected chi connectivity index (χ1v) is 11.0. The van der Waals surface area contributed by atoms with Crippen molar-refractivity contribution >= 4 is 27.8 Å². The van der Waals surface area contributed by atoms with Crippen molar-refractivity contribution in [2.45, 2.75) is 18.0 Å². The molecule has 2 aliphatic heterocycles. The van der Waals surface area contributed by atoms with E-state index in [0.29, 0.717) is 34.9 Å². The molecule has 11 heteroatoms. The zero-order chi connectivity index (χ0) is 22.1. The SMILES string of the molecule is Cn1cnc2ncn(Cc3nc([C@@]45C6[C@H]4[C@H]5CN6c4ccc5c(cnn5C)c4)no3)c(=O)c21. The second-order valence-corrected chi connectivity index (χ2v) is 9.39. The van der Waals surface area contributed by atoms with E-state index in [0.717, 1.165) is 23.3 Å². The van der Waals surface area contributed by atoms with E-state index in [1.165, 1.54) is 16.6 Å². The standard InChI is InChI=1S/C22H19N9O2/c1-28-9-23-19-17(28)20(32)30(10-24-19)8-15-26-21(27-33-15)22-13-7-31(18(22)16(13)22)12-3-4-14-11(5-12)6-25-29(14)2/h3-6,9-10,13,16,18H,7-8H2,1-2H3/t13-,16-,18?,22-/m1/s1. The van der Waals surface area contributed by atoms with E-state index in [4.69, 9.17) is 9.51 Å². The van der Waals surface area contributed by atoms with Crippen molar-refractivity contribution in [3.8, 4) is 0 Å². The normalized spacial score (nSPS) is 27.0. The second kappa shape index (κ2) is 5.48. The van der Waals surface area contributed by atoms with Gasteiger partial charge in [0.2, 0.25) is 5.89 Å². The van der Waals surface area contributed by atoms with E-state index in [9.17, 15) is 4.79 Å². The number of benzene rings is 1. The van der Waals surface area contributed by atoms with Gasteiger partial charge in [0.05, 0.1) is 23.5 Å². The van der Waals surface area contributed by atoms with Crippen LogP contribution in [0.15, 0.2) is 46.4 Å². The van der Waals surface area contributed by atoms with Crippen LogP contribution in [0.5, 0.6) is 0 Å². The molecule has 0 N–H and O–H groups in total. The largest absolute Gasteiger partial charge is 0.367 e. The number of imidazole rings is 1. The van der Waals surface area contributed by atoms with E-state index in [-0.39, 0.29) is 17.5 Å². The molecule has 0 spiro atoms. The summed E-state index contributed by atoms with van der Waals surface area (Å²) in [5.41, 5.74) is 3.07. The van der Waals surface area contributed by atoms with Crippen LogP contribution in [-0.2, 0) is 26.1 Å². The van der Waals surface area contributed by atoms with Gasteiger partial charge in [0.1, 0.15) is 12.9 Å². The fraction of sp³-hybridized carbons (Fsp3) is 0.364. The Bertz CT molecular complexity index is 1670. The predicted molar refractivity (Wildman–Crippen MR) is 117 cm³/mol. The van der Waals surface area contributed by atoms with Crippen molar-refractivity contribution in [3.05, 3.63) is 59.1 Å². The zero-order valence-electron chi connectivity index (χ0n) is 18.0. The maximum Gasteiger partial charge on any atom is 0.280 e. The second-order valence-electron chi connectivity index (χ2n) is 9.39. The van der Waals surface area contributed by atoms with Crippen molar-refractivity contribution < 1.29 is 4.52 Å². The van der Waals surface area contributed by atoms with Gasteiger partial charge in [-0.1, -0.05) is 5.16 Å². The molecule has 11 nitrogen and oxygen atoms in total. The lowest BCUT2D eigenvalue weighted by molar-refractivity contribution is 0.362. The van der Waals surface area contributed by atoms with E-state index < -0.39 is 0 Å². The van der Waals surface area contributed by atoms with Gasteiger partial charge in [-0.25, -0.2) is 9.97 Å². The molecule has 2 bridgehead atoms. The Balaban J connectivity index is 1.07. The zero-order valence-corrected chi connectivity index (χ0v) is 18.0. The number of anilines is 1. The Labute approximate surface area is 186 Å². The van der Waals surface area contributed by atoms with Gasteiger partial charge >= 0.3 is 0 Å². The first-order valence-electron chi connectivity index (χ1n) is 11.0. The molecule has 164 valence electrons. The molecule has 5 aromatic rings. The van der Waals surface area contributed by atoms with Gasteiger partial charge in [0, 0.05) is 43.7 Å². The van der Waals surface area contributed by atoms with Gasteiger partial charge in [-0.15, -0.1) is 0 Å². The number of nitrogens with zero attached hydrogens (tertiary/aromatic N) is 9. The quantitative estimate of drug-likeness (QED) is 0.403. The maximum atomic E-state index is 12.8. The lowest BCUT2D eigenvalue weighted by Crippen LogP contribution is -2.23. The molecule has 4 atom stereocenters. The van der Waals surface area contributed by atoms with Crippen LogP contribution in [0.1, 0.15) is 11.7 Å². The Morgan fingerprint density at radius 1 is 1.21 bits per heavy atom. The molecule has 4 aliphatic rings. The molecule has 33 heavy (non-hydrogen) atoms. The minimum Gasteiger partial charge on any atom is -0.367 e. The average Bonchev–Trinajstić information content (AvgIpc) is 3.26. The van der Waals surface area contributed by atoms with Crippen LogP contribution in [-0.4, -0.2) is 51.6 Å². The van der Waals surface area contributed by atoms with E-state index in [1.54, 1.807) is 17.9 Å². The monoisotopic (exact) mass is 441 g/mol. The molecule has 6 heterocycles. The Morgan fingerprint density at radius 2 is 2.09 bits per heavy atom. The summed E-state index contributed by atoms with van der Waals surface area (Å²) in [5.74, 6) is 2.34. The van der Waals surface area contributed by atoms with E-state index >= 15 is 0 Å². The average molecular weight is 441 g/mol. The van der Waals surface area contributed by atoms with Crippen molar-refractivity contribution in [1.82, 2.24) is 39.0 Å². The number of rotatable bonds is 4. The molecule has 1 aromatic carbocycles. The summed E-state index contributed by atoms with van der Waals surface area (Å²) < 4.78 is 10.6. The van der Waals surface area contributed by atoms with E-state index in [2.05, 4.69) is 43.3 Å². The van der Waals surface area contributed by atoms with Gasteiger partial charge in [0.15, 0.2) is 17.0 Å². The summed E-state index contributed by atoms with van der Waals surface area (Å²) in [7, 11) is 3.74. The highest BCUT2D eigenvalue weighted by Crippen LogP contribution is 2.85. The predicted octanol–water partition coefficient (Wildman–Crippen LogP) is 0.834. The third kappa shape index (κ3) is 2.01. The molecule has 4 fully saturated rings. The molecule has 2 saturated carbocycles. The smallest absolute Gasteiger partial charge is 0.280 e. The number of hydrogen-bond acceptors (Lipinski definition) is 8. The van der Waals surface area contributed by atoms with Crippen LogP contribution in [0.25, 0.3) is 22.1 Å². The minimum atomic E-state index is -0.175. The van der Waals surface area contributed by atoms with E-state index in [1.807, 2.05) is 17.9 Å². The van der Waals surface area contributed by atoms with Crippen LogP contribution in [0.2, 0.25) is 0 Å². The summed E-state index contributed by atoms with van der Waals surface area (Å²) in [6, 6.07) is 6.93. The Morgan fingerprint density at radius 3 is 2.97 bits per heavy atom. The van der Waals surface area contributed by atoms with Crippen LogP contribution in [0, 0.1) is 11.8 Å². The highest BCUT2D eigenvalue weighted by molar-refractivity contribution is 5.84. The molecule has 0 radical (unpaired) electrons. The summed E-state index contributed by atoms with van der Waals surface area (Å²) >= 11 is 0. The van der Waals surface area contributed by atoms with Crippen LogP contribution < -0.4 is 10.5 Å². The number of hydrogen-bond donors (Lipinski definition) is 0. The van der Waals surface area contributed by atoms with Crippen molar-refractivity contribution in [2.75, 3.05) is 11.4 Å². The summed E-state index contributed by atoms with van der Waals surface area (Å²) in [6.45, 7) is 1.20. The molecule has 1 unspecified atom stereocenters. The molecular weight excluding hydrogens is 422 g/mol. The lowest BCUT2D eigenvalue weighted by Gasteiger charge is -2.18. The fourth-order valence-electron chi connectivity index (χ4n) is 6.16. The van der Waals surface area contributed by atoms with Gasteiger partial charge in [0.25, 0.3) is 5.56 Å². The van der Waals surface area contributed by atoms with Crippen LogP contribution in [0.3, 0.4) is 0 Å². The van der Waals surface area contributed by atoms with Crippen molar-refractivity contribution in [3.63, 3.8) is 0 Å². The van der Waals surface area contributed by atoms with Crippen molar-refractivity contribution in [2.24, 2.45) is 25.9 Å². The summed E-state index contributed by atoms with van der Waals surface area (Å²) in [4.78, 5) is 28.4. The molecule has 9 rings (SSSR count). The highest BCUT2D eigenvalue weighted by atomic mass is 16.5. The van der Waals surface area contributed by atoms with Gasteiger partial charge in [-0.2, -0.15) is 10.1 Å². The number of piperidine rings is 1. The van der Waals surface area contributed by atoms with Gasteiger partial charge in [-0.3, -0.25) is 14.0 Å². The molecule has 2 saturated heterocycles. The van der Waals surface area contributed by atoms with Crippen LogP contribution >= 0.6 is 0 Å². The Kier molecular flexibility index (Phi) is 2.91. The van der Waals surface area contributed by atoms with Gasteiger partial charge < -0.3 is 14.0 Å². The number of aryl methyl sites for hydroxylation is 2. The van der Waals surface area contributed by atoms with Crippen LogP contribution in [0.4, 0.5) is 5.69 Å². The number of aromatic nitrogens is 8. The summed E-state index contributed by atoms with van der Waals surface area (Å²) in [6.07, 6.45) is 4.98. The van der Waals surface area contributed by atoms with Gasteiger partial charge in [-0.05, 0) is 24.1 Å². The third-order valence-electron chi connectivity index (χ3n) is 7.86. The topological polar surface area (TPSA) is 113 Å². The Hall–Kier alpha value is -4.02. The lowest BCUT2D eigenvalue weighted by atomic mass is 10.1.